The Bertz CT molecular complexity index is 782. The Morgan fingerprint density at radius 3 is 3.05 bits per heavy atom. The first kappa shape index (κ1) is 13.1. The van der Waals surface area contributed by atoms with Crippen LogP contribution in [0.3, 0.4) is 0 Å². The quantitative estimate of drug-likeness (QED) is 0.644. The van der Waals surface area contributed by atoms with Crippen LogP contribution >= 0.6 is 22.9 Å². The van der Waals surface area contributed by atoms with Gasteiger partial charge in [-0.15, -0.1) is 16.5 Å². The summed E-state index contributed by atoms with van der Waals surface area (Å²) in [5.74, 6) is 0.620. The van der Waals surface area contributed by atoms with Gasteiger partial charge in [0, 0.05) is 5.02 Å². The summed E-state index contributed by atoms with van der Waals surface area (Å²) >= 11 is 7.52. The maximum Gasteiger partial charge on any atom is 0.195 e. The van der Waals surface area contributed by atoms with Gasteiger partial charge in [0.05, 0.1) is 16.8 Å². The monoisotopic (exact) mass is 302 g/mol. The van der Waals surface area contributed by atoms with Gasteiger partial charge in [0.15, 0.2) is 5.82 Å². The fraction of sp³-hybridized carbons (Fsp3) is 0.143. The van der Waals surface area contributed by atoms with Crippen molar-refractivity contribution in [1.29, 1.82) is 0 Å². The van der Waals surface area contributed by atoms with Crippen molar-refractivity contribution in [3.05, 3.63) is 52.1 Å². The Kier molecular flexibility index (Phi) is 3.71. The lowest BCUT2D eigenvalue weighted by Crippen LogP contribution is -1.82. The molecule has 0 N–H and O–H groups in total. The maximum absolute atomic E-state index is 5.93. The molecule has 0 unspecified atom stereocenters. The Morgan fingerprint density at radius 2 is 2.20 bits per heavy atom. The van der Waals surface area contributed by atoms with Gasteiger partial charge in [-0.05, 0) is 35.6 Å². The molecule has 20 heavy (non-hydrogen) atoms. The fourth-order valence-electron chi connectivity index (χ4n) is 1.85. The lowest BCUT2D eigenvalue weighted by Gasteiger charge is -1.97. The van der Waals surface area contributed by atoms with E-state index in [1.807, 2.05) is 31.2 Å². The van der Waals surface area contributed by atoms with E-state index < -0.39 is 0 Å². The van der Waals surface area contributed by atoms with Crippen molar-refractivity contribution in [2.75, 3.05) is 0 Å². The molecular weight excluding hydrogens is 292 g/mol. The highest BCUT2D eigenvalue weighted by Gasteiger charge is 2.06. The van der Waals surface area contributed by atoms with Crippen LogP contribution in [0, 0.1) is 6.92 Å². The van der Waals surface area contributed by atoms with Crippen molar-refractivity contribution < 1.29 is 0 Å². The molecule has 0 atom stereocenters. The number of aryl methyl sites for hydroxylation is 1. The topological polar surface area (TPSA) is 50.5 Å². The van der Waals surface area contributed by atoms with Gasteiger partial charge in [-0.3, -0.25) is 0 Å². The molecule has 3 aromatic rings. The van der Waals surface area contributed by atoms with Gasteiger partial charge >= 0.3 is 0 Å². The number of hydrogen-bond acceptors (Lipinski definition) is 5. The minimum Gasteiger partial charge on any atom is -0.235 e. The second kappa shape index (κ2) is 5.64. The number of fused-ring (bicyclic) bond motifs is 1. The summed E-state index contributed by atoms with van der Waals surface area (Å²) in [5.41, 5.74) is 3.11. The van der Waals surface area contributed by atoms with E-state index in [1.165, 1.54) is 6.33 Å². The van der Waals surface area contributed by atoms with Gasteiger partial charge in [0.1, 0.15) is 6.33 Å². The van der Waals surface area contributed by atoms with Crippen LogP contribution in [0.15, 0.2) is 46.2 Å². The zero-order valence-corrected chi connectivity index (χ0v) is 12.3. The normalized spacial score (nSPS) is 11.5. The molecule has 2 heterocycles. The standard InChI is InChI=1S/C14H11ClN4S/c1-9-7-20-13-12(9)16-8-17-14(13)19-18-6-10-3-2-4-11(15)5-10/h2-5,7-8H,6H2,1H3. The molecule has 100 valence electrons. The Hall–Kier alpha value is -1.85. The zero-order valence-electron chi connectivity index (χ0n) is 10.7. The number of benzene rings is 1. The molecule has 1 aromatic carbocycles. The summed E-state index contributed by atoms with van der Waals surface area (Å²) < 4.78 is 0.972. The van der Waals surface area contributed by atoms with Crippen LogP contribution in [0.1, 0.15) is 11.1 Å². The molecule has 0 aliphatic rings. The Balaban J connectivity index is 1.84. The van der Waals surface area contributed by atoms with Crippen molar-refractivity contribution in [1.82, 2.24) is 9.97 Å². The third kappa shape index (κ3) is 2.69. The molecule has 0 radical (unpaired) electrons. The Labute approximate surface area is 125 Å². The molecule has 0 aliphatic heterocycles. The van der Waals surface area contributed by atoms with Crippen molar-refractivity contribution >= 4 is 39.0 Å². The molecule has 0 fully saturated rings. The molecule has 0 saturated carbocycles. The molecular formula is C14H11ClN4S. The fourth-order valence-corrected chi connectivity index (χ4v) is 2.99. The number of thiophene rings is 1. The minimum absolute atomic E-state index is 0.483. The van der Waals surface area contributed by atoms with Gasteiger partial charge in [0.25, 0.3) is 0 Å². The lowest BCUT2D eigenvalue weighted by molar-refractivity contribution is 0.948. The van der Waals surface area contributed by atoms with E-state index in [0.29, 0.717) is 17.4 Å². The van der Waals surface area contributed by atoms with Crippen LogP contribution in [-0.4, -0.2) is 9.97 Å². The molecule has 0 spiro atoms. The number of halogens is 1. The van der Waals surface area contributed by atoms with E-state index in [-0.39, 0.29) is 0 Å². The summed E-state index contributed by atoms with van der Waals surface area (Å²) in [6.45, 7) is 2.51. The molecule has 0 amide bonds. The average Bonchev–Trinajstić information content (AvgIpc) is 2.82. The van der Waals surface area contributed by atoms with Gasteiger partial charge in [-0.25, -0.2) is 9.97 Å². The second-order valence-corrected chi connectivity index (χ2v) is 5.64. The van der Waals surface area contributed by atoms with E-state index in [1.54, 1.807) is 11.3 Å². The van der Waals surface area contributed by atoms with Crippen LogP contribution < -0.4 is 0 Å². The molecule has 0 bridgehead atoms. The highest BCUT2D eigenvalue weighted by molar-refractivity contribution is 7.17. The first-order chi connectivity index (χ1) is 9.74. The Morgan fingerprint density at radius 1 is 1.30 bits per heavy atom. The minimum atomic E-state index is 0.483. The largest absolute Gasteiger partial charge is 0.235 e. The number of hydrogen-bond donors (Lipinski definition) is 0. The number of rotatable bonds is 3. The first-order valence-electron chi connectivity index (χ1n) is 6.05. The number of azo groups is 1. The predicted octanol–water partition coefficient (Wildman–Crippen LogP) is 4.94. The molecule has 4 nitrogen and oxygen atoms in total. The van der Waals surface area contributed by atoms with E-state index >= 15 is 0 Å². The van der Waals surface area contributed by atoms with Gasteiger partial charge < -0.3 is 0 Å². The number of aromatic nitrogens is 2. The van der Waals surface area contributed by atoms with E-state index in [9.17, 15) is 0 Å². The van der Waals surface area contributed by atoms with E-state index in [2.05, 4.69) is 25.6 Å². The summed E-state index contributed by atoms with van der Waals surface area (Å²) in [5, 5.41) is 11.2. The second-order valence-electron chi connectivity index (χ2n) is 4.32. The van der Waals surface area contributed by atoms with Crippen molar-refractivity contribution in [2.24, 2.45) is 10.2 Å². The van der Waals surface area contributed by atoms with Crippen molar-refractivity contribution in [2.45, 2.75) is 13.5 Å². The van der Waals surface area contributed by atoms with E-state index in [4.69, 9.17) is 11.6 Å². The highest BCUT2D eigenvalue weighted by Crippen LogP contribution is 2.30. The van der Waals surface area contributed by atoms with Crippen molar-refractivity contribution in [3.63, 3.8) is 0 Å². The van der Waals surface area contributed by atoms with Gasteiger partial charge in [-0.1, -0.05) is 23.7 Å². The molecule has 2 aromatic heterocycles. The zero-order chi connectivity index (χ0) is 13.9. The highest BCUT2D eigenvalue weighted by atomic mass is 35.5. The third-order valence-corrected chi connectivity index (χ3v) is 4.14. The summed E-state index contributed by atoms with van der Waals surface area (Å²) in [4.78, 5) is 8.44. The first-order valence-corrected chi connectivity index (χ1v) is 7.30. The summed E-state index contributed by atoms with van der Waals surface area (Å²) in [6.07, 6.45) is 1.52. The lowest BCUT2D eigenvalue weighted by atomic mass is 10.2. The van der Waals surface area contributed by atoms with Gasteiger partial charge in [0.2, 0.25) is 0 Å². The van der Waals surface area contributed by atoms with Crippen LogP contribution in [0.5, 0.6) is 0 Å². The van der Waals surface area contributed by atoms with Crippen LogP contribution in [0.25, 0.3) is 10.2 Å². The van der Waals surface area contributed by atoms with Gasteiger partial charge in [-0.2, -0.15) is 5.11 Å². The van der Waals surface area contributed by atoms with Crippen LogP contribution in [0.4, 0.5) is 5.82 Å². The van der Waals surface area contributed by atoms with Crippen LogP contribution in [-0.2, 0) is 6.54 Å². The predicted molar refractivity (Wildman–Crippen MR) is 81.8 cm³/mol. The smallest absolute Gasteiger partial charge is 0.195 e. The summed E-state index contributed by atoms with van der Waals surface area (Å²) in [6, 6.07) is 7.59. The SMILES string of the molecule is Cc1csc2c(N=NCc3cccc(Cl)c3)ncnc12. The summed E-state index contributed by atoms with van der Waals surface area (Å²) in [7, 11) is 0. The molecule has 0 aliphatic carbocycles. The maximum atomic E-state index is 5.93. The molecule has 0 saturated heterocycles. The van der Waals surface area contributed by atoms with Crippen LogP contribution in [0.2, 0.25) is 5.02 Å². The average molecular weight is 303 g/mol. The molecule has 3 rings (SSSR count). The molecule has 6 heteroatoms. The van der Waals surface area contributed by atoms with E-state index in [0.717, 1.165) is 21.3 Å². The number of nitrogens with zero attached hydrogens (tertiary/aromatic N) is 4. The van der Waals surface area contributed by atoms with Crippen molar-refractivity contribution in [3.8, 4) is 0 Å². The third-order valence-electron chi connectivity index (χ3n) is 2.82.